The van der Waals surface area contributed by atoms with Crippen LogP contribution in [0.15, 0.2) is 47.4 Å². The van der Waals surface area contributed by atoms with E-state index in [2.05, 4.69) is 0 Å². The fourth-order valence-electron chi connectivity index (χ4n) is 4.08. The third kappa shape index (κ3) is 3.85. The third-order valence-electron chi connectivity index (χ3n) is 6.09. The second-order valence-electron chi connectivity index (χ2n) is 8.09. The number of hydrogen-bond donors (Lipinski definition) is 1. The van der Waals surface area contributed by atoms with Crippen molar-refractivity contribution >= 4 is 46.1 Å². The number of carbonyl (C=O) groups is 2. The van der Waals surface area contributed by atoms with Crippen LogP contribution in [0.25, 0.3) is 5.76 Å². The molecule has 0 spiro atoms. The lowest BCUT2D eigenvalue weighted by Gasteiger charge is -2.25. The summed E-state index contributed by atoms with van der Waals surface area (Å²) in [4.78, 5) is 29.0. The van der Waals surface area contributed by atoms with E-state index < -0.39 is 17.7 Å². The van der Waals surface area contributed by atoms with Crippen molar-refractivity contribution in [1.29, 1.82) is 0 Å². The van der Waals surface area contributed by atoms with Gasteiger partial charge in [0, 0.05) is 16.6 Å². The summed E-state index contributed by atoms with van der Waals surface area (Å²) in [5.41, 5.74) is 3.74. The molecule has 6 nitrogen and oxygen atoms in total. The molecule has 1 aromatic heterocycles. The van der Waals surface area contributed by atoms with E-state index >= 15 is 0 Å². The zero-order valence-corrected chi connectivity index (χ0v) is 21.0. The lowest BCUT2D eigenvalue weighted by atomic mass is 9.97. The number of thiophene rings is 1. The lowest BCUT2D eigenvalue weighted by molar-refractivity contribution is -0.132. The van der Waals surface area contributed by atoms with Gasteiger partial charge in [-0.15, -0.1) is 11.3 Å². The Kier molecular flexibility index (Phi) is 6.43. The first-order chi connectivity index (χ1) is 16.2. The van der Waals surface area contributed by atoms with Crippen LogP contribution in [0.4, 0.5) is 5.69 Å². The first-order valence-corrected chi connectivity index (χ1v) is 11.8. The van der Waals surface area contributed by atoms with Crippen LogP contribution in [0, 0.1) is 20.8 Å². The summed E-state index contributed by atoms with van der Waals surface area (Å²) in [6.45, 7) is 5.84. The Balaban J connectivity index is 1.99. The van der Waals surface area contributed by atoms with Crippen LogP contribution in [-0.4, -0.2) is 31.0 Å². The van der Waals surface area contributed by atoms with E-state index in [1.807, 2.05) is 50.4 Å². The molecule has 1 aliphatic rings. The first kappa shape index (κ1) is 23.9. The number of methoxy groups -OCH3 is 2. The number of hydrogen-bond acceptors (Lipinski definition) is 6. The van der Waals surface area contributed by atoms with Gasteiger partial charge >= 0.3 is 0 Å². The summed E-state index contributed by atoms with van der Waals surface area (Å²) in [6, 6.07) is 9.72. The maximum Gasteiger partial charge on any atom is 0.300 e. The summed E-state index contributed by atoms with van der Waals surface area (Å²) in [5.74, 6) is -1.22. The highest BCUT2D eigenvalue weighted by Gasteiger charge is 2.48. The molecule has 1 aliphatic heterocycles. The number of ether oxygens (including phenoxy) is 2. The predicted molar refractivity (Wildman–Crippen MR) is 134 cm³/mol. The molecule has 0 bridgehead atoms. The Morgan fingerprint density at radius 1 is 0.971 bits per heavy atom. The molecule has 1 N–H and O–H groups in total. The minimum absolute atomic E-state index is 0.0201. The Hall–Kier alpha value is -3.29. The molecule has 0 aliphatic carbocycles. The van der Waals surface area contributed by atoms with Crippen molar-refractivity contribution in [3.63, 3.8) is 0 Å². The van der Waals surface area contributed by atoms with Gasteiger partial charge in [0.15, 0.2) is 0 Å². The largest absolute Gasteiger partial charge is 0.507 e. The average Bonchev–Trinajstić information content (AvgIpc) is 3.35. The third-order valence-corrected chi connectivity index (χ3v) is 7.46. The van der Waals surface area contributed by atoms with Gasteiger partial charge in [0.1, 0.15) is 23.3 Å². The van der Waals surface area contributed by atoms with Gasteiger partial charge in [-0.2, -0.15) is 0 Å². The van der Waals surface area contributed by atoms with Gasteiger partial charge in [-0.05, 0) is 67.1 Å². The summed E-state index contributed by atoms with van der Waals surface area (Å²) in [5, 5.41) is 13.6. The van der Waals surface area contributed by atoms with Crippen LogP contribution in [0.1, 0.15) is 33.2 Å². The Labute approximate surface area is 207 Å². The zero-order chi connectivity index (χ0) is 24.7. The van der Waals surface area contributed by atoms with E-state index in [1.54, 1.807) is 0 Å². The van der Waals surface area contributed by atoms with Crippen molar-refractivity contribution in [2.75, 3.05) is 19.1 Å². The molecule has 8 heteroatoms. The normalized spacial score (nSPS) is 17.4. The van der Waals surface area contributed by atoms with Gasteiger partial charge in [0.25, 0.3) is 11.7 Å². The Bertz CT molecular complexity index is 1340. The van der Waals surface area contributed by atoms with Crippen LogP contribution in [0.2, 0.25) is 5.02 Å². The maximum atomic E-state index is 13.4. The van der Waals surface area contributed by atoms with E-state index in [-0.39, 0.29) is 27.7 Å². The van der Waals surface area contributed by atoms with Gasteiger partial charge < -0.3 is 14.6 Å². The van der Waals surface area contributed by atoms with Gasteiger partial charge in [-0.3, -0.25) is 14.5 Å². The van der Waals surface area contributed by atoms with Crippen molar-refractivity contribution in [1.82, 2.24) is 0 Å². The number of amides is 1. The second kappa shape index (κ2) is 9.16. The van der Waals surface area contributed by atoms with Crippen LogP contribution >= 0.6 is 22.9 Å². The van der Waals surface area contributed by atoms with E-state index in [0.717, 1.165) is 21.6 Å². The molecule has 176 valence electrons. The molecule has 0 saturated carbocycles. The number of carbonyl (C=O) groups excluding carboxylic acids is 2. The number of ketones is 1. The highest BCUT2D eigenvalue weighted by Crippen LogP contribution is 2.46. The number of aliphatic hydroxyl groups excluding tert-OH is 1. The number of anilines is 1. The summed E-state index contributed by atoms with van der Waals surface area (Å²) in [7, 11) is 2.91. The molecule has 1 fully saturated rings. The quantitative estimate of drug-likeness (QED) is 0.267. The van der Waals surface area contributed by atoms with Gasteiger partial charge in [-0.25, -0.2) is 0 Å². The van der Waals surface area contributed by atoms with Crippen molar-refractivity contribution in [3.05, 3.63) is 79.5 Å². The number of rotatable bonds is 5. The molecule has 1 unspecified atom stereocenters. The standard InChI is InChI=1S/C26H24ClNO5S/c1-13-6-7-16(10-15(13)3)28-22(25-14(2)8-9-34-25)21(24(30)26(28)31)23(29)17-11-18(27)20(33-5)12-19(17)32-4/h6-12,22,29H,1-5H3/b23-21+. The smallest absolute Gasteiger partial charge is 0.300 e. The van der Waals surface area contributed by atoms with E-state index in [0.29, 0.717) is 11.4 Å². The highest BCUT2D eigenvalue weighted by atomic mass is 35.5. The van der Waals surface area contributed by atoms with E-state index in [4.69, 9.17) is 21.1 Å². The molecule has 1 saturated heterocycles. The molecule has 3 aromatic rings. The highest BCUT2D eigenvalue weighted by molar-refractivity contribution is 7.10. The fourth-order valence-corrected chi connectivity index (χ4v) is 5.34. The van der Waals surface area contributed by atoms with Gasteiger partial charge in [-0.1, -0.05) is 17.7 Å². The fraction of sp³-hybridized carbons (Fsp3) is 0.231. The summed E-state index contributed by atoms with van der Waals surface area (Å²) >= 11 is 7.74. The average molecular weight is 498 g/mol. The lowest BCUT2D eigenvalue weighted by Crippen LogP contribution is -2.29. The van der Waals surface area contributed by atoms with Gasteiger partial charge in [0.05, 0.1) is 30.4 Å². The number of nitrogens with zero attached hydrogens (tertiary/aromatic N) is 1. The molecule has 34 heavy (non-hydrogen) atoms. The Morgan fingerprint density at radius 2 is 1.68 bits per heavy atom. The minimum atomic E-state index is -0.798. The number of halogens is 1. The van der Waals surface area contributed by atoms with Gasteiger partial charge in [0.2, 0.25) is 0 Å². The molecule has 1 atom stereocenters. The van der Waals surface area contributed by atoms with Crippen LogP contribution in [-0.2, 0) is 9.59 Å². The van der Waals surface area contributed by atoms with Crippen molar-refractivity contribution in [3.8, 4) is 11.5 Å². The maximum absolute atomic E-state index is 13.4. The molecule has 0 radical (unpaired) electrons. The van der Waals surface area contributed by atoms with Crippen LogP contribution < -0.4 is 14.4 Å². The first-order valence-electron chi connectivity index (χ1n) is 10.5. The number of benzene rings is 2. The summed E-state index contributed by atoms with van der Waals surface area (Å²) < 4.78 is 10.7. The van der Waals surface area contributed by atoms with Crippen molar-refractivity contribution < 1.29 is 24.2 Å². The molecule has 1 amide bonds. The number of Topliss-reactive ketones (excluding diaryl/α,β-unsaturated/α-hetero) is 1. The monoisotopic (exact) mass is 497 g/mol. The van der Waals surface area contributed by atoms with Crippen LogP contribution in [0.5, 0.6) is 11.5 Å². The topological polar surface area (TPSA) is 76.1 Å². The number of aryl methyl sites for hydroxylation is 3. The van der Waals surface area contributed by atoms with E-state index in [1.165, 1.54) is 42.6 Å². The van der Waals surface area contributed by atoms with Crippen molar-refractivity contribution in [2.24, 2.45) is 0 Å². The van der Waals surface area contributed by atoms with Crippen molar-refractivity contribution in [2.45, 2.75) is 26.8 Å². The zero-order valence-electron chi connectivity index (χ0n) is 19.4. The molecule has 2 aromatic carbocycles. The number of aliphatic hydroxyl groups is 1. The minimum Gasteiger partial charge on any atom is -0.507 e. The predicted octanol–water partition coefficient (Wildman–Crippen LogP) is 5.97. The molecular formula is C26H24ClNO5S. The summed E-state index contributed by atoms with van der Waals surface area (Å²) in [6.07, 6.45) is 0. The van der Waals surface area contributed by atoms with Crippen LogP contribution in [0.3, 0.4) is 0 Å². The molecule has 4 rings (SSSR count). The Morgan fingerprint density at radius 3 is 2.26 bits per heavy atom. The second-order valence-corrected chi connectivity index (χ2v) is 9.45. The van der Waals surface area contributed by atoms with E-state index in [9.17, 15) is 14.7 Å². The molecular weight excluding hydrogens is 474 g/mol. The molecule has 2 heterocycles. The SMILES string of the molecule is COc1cc(OC)c(/C(O)=C2\C(=O)C(=O)N(c3ccc(C)c(C)c3)C2c2sccc2C)cc1Cl.